The molecule has 1 unspecified atom stereocenters. The molecule has 0 saturated carbocycles. The van der Waals surface area contributed by atoms with E-state index in [1.807, 2.05) is 12.1 Å². The molecule has 1 aromatic heterocycles. The van der Waals surface area contributed by atoms with Crippen LogP contribution in [0.1, 0.15) is 25.5 Å². The van der Waals surface area contributed by atoms with Gasteiger partial charge >= 0.3 is 6.18 Å². The summed E-state index contributed by atoms with van der Waals surface area (Å²) >= 11 is 3.34. The Labute approximate surface area is 173 Å². The van der Waals surface area contributed by atoms with Gasteiger partial charge in [-0.15, -0.1) is 10.2 Å². The van der Waals surface area contributed by atoms with E-state index < -0.39 is 23.7 Å². The average Bonchev–Trinajstić information content (AvgIpc) is 3.11. The number of hydrogen-bond acceptors (Lipinski definition) is 4. The predicted octanol–water partition coefficient (Wildman–Crippen LogP) is 4.96. The first-order chi connectivity index (χ1) is 13.7. The number of nitrogens with zero attached hydrogens (tertiary/aromatic N) is 4. The molecule has 0 fully saturated rings. The first kappa shape index (κ1) is 21.0. The third kappa shape index (κ3) is 4.81. The number of carbonyl (C=O) groups is 1. The monoisotopic (exact) mass is 467 g/mol. The van der Waals surface area contributed by atoms with Crippen molar-refractivity contribution in [2.45, 2.75) is 26.1 Å². The number of benzene rings is 2. The smallest absolute Gasteiger partial charge is 0.324 e. The number of para-hydroxylation sites is 1. The Morgan fingerprint density at radius 3 is 2.38 bits per heavy atom. The number of aromatic nitrogens is 4. The summed E-state index contributed by atoms with van der Waals surface area (Å²) in [5, 5.41) is 14.5. The minimum Gasteiger partial charge on any atom is -0.324 e. The lowest BCUT2D eigenvalue weighted by Gasteiger charge is -2.20. The molecule has 3 rings (SSSR count). The lowest BCUT2D eigenvalue weighted by atomic mass is 10.0. The minimum absolute atomic E-state index is 0.292. The molecular formula is C19H17BrF3N5O. The molecule has 1 atom stereocenters. The fourth-order valence-electron chi connectivity index (χ4n) is 2.78. The topological polar surface area (TPSA) is 72.7 Å². The zero-order chi connectivity index (χ0) is 21.2. The van der Waals surface area contributed by atoms with Gasteiger partial charge in [-0.3, -0.25) is 4.79 Å². The van der Waals surface area contributed by atoms with Crippen LogP contribution in [0.3, 0.4) is 0 Å². The van der Waals surface area contributed by atoms with Crippen molar-refractivity contribution < 1.29 is 18.0 Å². The molecule has 0 aliphatic heterocycles. The molecule has 29 heavy (non-hydrogen) atoms. The predicted molar refractivity (Wildman–Crippen MR) is 105 cm³/mol. The van der Waals surface area contributed by atoms with Crippen molar-refractivity contribution in [1.29, 1.82) is 0 Å². The van der Waals surface area contributed by atoms with Crippen LogP contribution in [0.25, 0.3) is 11.4 Å². The summed E-state index contributed by atoms with van der Waals surface area (Å²) in [6.07, 6.45) is -4.59. The number of carbonyl (C=O) groups excluding carboxylic acids is 1. The van der Waals surface area contributed by atoms with E-state index in [0.717, 1.165) is 15.3 Å². The first-order valence-corrected chi connectivity index (χ1v) is 9.48. The molecule has 152 valence electrons. The minimum atomic E-state index is -4.59. The zero-order valence-corrected chi connectivity index (χ0v) is 17.1. The fraction of sp³-hybridized carbons (Fsp3) is 0.263. The number of alkyl halides is 3. The highest BCUT2D eigenvalue weighted by atomic mass is 79.9. The van der Waals surface area contributed by atoms with E-state index in [2.05, 4.69) is 36.7 Å². The van der Waals surface area contributed by atoms with E-state index in [1.54, 1.807) is 26.0 Å². The van der Waals surface area contributed by atoms with Crippen molar-refractivity contribution in [3.8, 4) is 11.4 Å². The van der Waals surface area contributed by atoms with Crippen LogP contribution in [0.4, 0.5) is 18.9 Å². The second-order valence-corrected chi connectivity index (χ2v) is 7.58. The molecule has 1 heterocycles. The maximum absolute atomic E-state index is 13.2. The number of halogens is 4. The van der Waals surface area contributed by atoms with Gasteiger partial charge in [-0.05, 0) is 47.5 Å². The van der Waals surface area contributed by atoms with Crippen LogP contribution < -0.4 is 5.32 Å². The SMILES string of the molecule is CC(C)C(C(=O)Nc1ccccc1C(F)(F)F)n1nnc(-c2ccc(Br)cc2)n1. The molecule has 0 saturated heterocycles. The summed E-state index contributed by atoms with van der Waals surface area (Å²) < 4.78 is 40.5. The molecule has 6 nitrogen and oxygen atoms in total. The van der Waals surface area contributed by atoms with Crippen molar-refractivity contribution in [1.82, 2.24) is 20.2 Å². The van der Waals surface area contributed by atoms with Crippen LogP contribution in [-0.2, 0) is 11.0 Å². The van der Waals surface area contributed by atoms with Crippen LogP contribution in [0.5, 0.6) is 0 Å². The van der Waals surface area contributed by atoms with E-state index in [4.69, 9.17) is 0 Å². The summed E-state index contributed by atoms with van der Waals surface area (Å²) in [5.74, 6) is -0.636. The lowest BCUT2D eigenvalue weighted by molar-refractivity contribution is -0.137. The highest BCUT2D eigenvalue weighted by molar-refractivity contribution is 9.10. The number of amides is 1. The molecule has 1 amide bonds. The summed E-state index contributed by atoms with van der Waals surface area (Å²) in [6.45, 7) is 3.51. The van der Waals surface area contributed by atoms with Gasteiger partial charge in [0.15, 0.2) is 6.04 Å². The Balaban J connectivity index is 1.88. The first-order valence-electron chi connectivity index (χ1n) is 8.69. The molecule has 0 spiro atoms. The fourth-order valence-corrected chi connectivity index (χ4v) is 3.04. The van der Waals surface area contributed by atoms with Gasteiger partial charge in [0.2, 0.25) is 5.82 Å². The summed E-state index contributed by atoms with van der Waals surface area (Å²) in [5.41, 5.74) is -0.536. The molecular weight excluding hydrogens is 451 g/mol. The van der Waals surface area contributed by atoms with Gasteiger partial charge in [-0.1, -0.05) is 41.9 Å². The van der Waals surface area contributed by atoms with E-state index in [9.17, 15) is 18.0 Å². The summed E-state index contributed by atoms with van der Waals surface area (Å²) in [7, 11) is 0. The summed E-state index contributed by atoms with van der Waals surface area (Å²) in [6, 6.07) is 11.1. The zero-order valence-electron chi connectivity index (χ0n) is 15.5. The molecule has 0 aliphatic rings. The quantitative estimate of drug-likeness (QED) is 0.575. The van der Waals surface area contributed by atoms with Gasteiger partial charge < -0.3 is 5.32 Å². The Morgan fingerprint density at radius 1 is 1.10 bits per heavy atom. The van der Waals surface area contributed by atoms with Crippen molar-refractivity contribution in [3.05, 3.63) is 58.6 Å². The second kappa shape index (κ2) is 8.32. The molecule has 2 aromatic carbocycles. The number of anilines is 1. The Kier molecular flexibility index (Phi) is 6.02. The van der Waals surface area contributed by atoms with E-state index in [0.29, 0.717) is 11.4 Å². The van der Waals surface area contributed by atoms with Gasteiger partial charge in [-0.2, -0.15) is 18.0 Å². The van der Waals surface area contributed by atoms with Gasteiger partial charge in [-0.25, -0.2) is 0 Å². The van der Waals surface area contributed by atoms with Crippen molar-refractivity contribution >= 4 is 27.5 Å². The molecule has 0 aliphatic carbocycles. The van der Waals surface area contributed by atoms with Gasteiger partial charge in [0.05, 0.1) is 11.3 Å². The number of tetrazole rings is 1. The average molecular weight is 468 g/mol. The highest BCUT2D eigenvalue weighted by Gasteiger charge is 2.35. The third-order valence-corrected chi connectivity index (χ3v) is 4.70. The second-order valence-electron chi connectivity index (χ2n) is 6.66. The van der Waals surface area contributed by atoms with Gasteiger partial charge in [0, 0.05) is 10.0 Å². The molecule has 0 bridgehead atoms. The standard InChI is InChI=1S/C19H17BrF3N5O/c1-11(2)16(18(29)24-15-6-4-3-5-14(15)19(21,22)23)28-26-17(25-27-28)12-7-9-13(20)10-8-12/h3-11,16H,1-2H3,(H,24,29). The number of hydrogen-bond donors (Lipinski definition) is 1. The molecule has 3 aromatic rings. The van der Waals surface area contributed by atoms with Crippen LogP contribution in [-0.4, -0.2) is 26.1 Å². The largest absolute Gasteiger partial charge is 0.418 e. The van der Waals surface area contributed by atoms with Crippen LogP contribution in [0.2, 0.25) is 0 Å². The van der Waals surface area contributed by atoms with Crippen molar-refractivity contribution in [2.75, 3.05) is 5.32 Å². The maximum Gasteiger partial charge on any atom is 0.418 e. The van der Waals surface area contributed by atoms with E-state index >= 15 is 0 Å². The maximum atomic E-state index is 13.2. The van der Waals surface area contributed by atoms with Crippen LogP contribution in [0.15, 0.2) is 53.0 Å². The van der Waals surface area contributed by atoms with E-state index in [-0.39, 0.29) is 11.6 Å². The normalized spacial score (nSPS) is 12.8. The summed E-state index contributed by atoms with van der Waals surface area (Å²) in [4.78, 5) is 13.9. The third-order valence-electron chi connectivity index (χ3n) is 4.17. The Bertz CT molecular complexity index is 1000. The molecule has 0 radical (unpaired) electrons. The van der Waals surface area contributed by atoms with Gasteiger partial charge in [0.25, 0.3) is 5.91 Å². The molecule has 1 N–H and O–H groups in total. The van der Waals surface area contributed by atoms with Crippen LogP contribution >= 0.6 is 15.9 Å². The number of nitrogens with one attached hydrogen (secondary N) is 1. The highest BCUT2D eigenvalue weighted by Crippen LogP contribution is 2.35. The van der Waals surface area contributed by atoms with E-state index in [1.165, 1.54) is 18.2 Å². The number of rotatable bonds is 5. The van der Waals surface area contributed by atoms with Crippen LogP contribution in [0, 0.1) is 5.92 Å². The Morgan fingerprint density at radius 2 is 1.76 bits per heavy atom. The lowest BCUT2D eigenvalue weighted by Crippen LogP contribution is -2.32. The molecule has 10 heteroatoms. The van der Waals surface area contributed by atoms with Crippen molar-refractivity contribution in [2.24, 2.45) is 5.92 Å². The van der Waals surface area contributed by atoms with Gasteiger partial charge in [0.1, 0.15) is 0 Å². The van der Waals surface area contributed by atoms with Crippen molar-refractivity contribution in [3.63, 3.8) is 0 Å². The Hall–Kier alpha value is -2.75.